The van der Waals surface area contributed by atoms with Gasteiger partial charge in [-0.15, -0.1) is 0 Å². The quantitative estimate of drug-likeness (QED) is 0.413. The van der Waals surface area contributed by atoms with E-state index in [-0.39, 0.29) is 18.0 Å². The number of amides is 1. The predicted octanol–water partition coefficient (Wildman–Crippen LogP) is 5.96. The molecule has 0 unspecified atom stereocenters. The average molecular weight is 455 g/mol. The molecule has 0 saturated carbocycles. The van der Waals surface area contributed by atoms with Crippen molar-refractivity contribution in [3.8, 4) is 17.6 Å². The van der Waals surface area contributed by atoms with E-state index >= 15 is 0 Å². The molecule has 2 atom stereocenters. The minimum atomic E-state index is -0.804. The molecular formula is C30H34N2O2. The van der Waals surface area contributed by atoms with E-state index in [4.69, 9.17) is 4.74 Å². The minimum Gasteiger partial charge on any atom is -0.497 e. The van der Waals surface area contributed by atoms with Gasteiger partial charge in [0.25, 0.3) is 0 Å². The number of allylic oxidation sites excluding steroid dienone is 1. The molecule has 0 radical (unpaired) electrons. The molecule has 4 nitrogen and oxygen atoms in total. The van der Waals surface area contributed by atoms with Crippen molar-refractivity contribution in [2.24, 2.45) is 5.41 Å². The van der Waals surface area contributed by atoms with Gasteiger partial charge in [0.15, 0.2) is 0 Å². The van der Waals surface area contributed by atoms with Gasteiger partial charge in [-0.1, -0.05) is 72.5 Å². The SMILES string of the molecule is COc1cccc([C@H](C)NC(=O)C(C)(C)C#C/C=C/CN[C@H](C)c2cccc3ccccc23)c1. The Morgan fingerprint density at radius 1 is 1.03 bits per heavy atom. The third-order valence-corrected chi connectivity index (χ3v) is 5.93. The number of benzene rings is 3. The zero-order valence-corrected chi connectivity index (χ0v) is 20.7. The summed E-state index contributed by atoms with van der Waals surface area (Å²) >= 11 is 0. The molecule has 0 spiro atoms. The van der Waals surface area contributed by atoms with Gasteiger partial charge in [-0.2, -0.15) is 0 Å². The highest BCUT2D eigenvalue weighted by Crippen LogP contribution is 2.24. The normalized spacial score (nSPS) is 13.2. The first kappa shape index (κ1) is 25.1. The van der Waals surface area contributed by atoms with E-state index in [9.17, 15) is 4.79 Å². The van der Waals surface area contributed by atoms with Crippen LogP contribution in [0.3, 0.4) is 0 Å². The molecule has 34 heavy (non-hydrogen) atoms. The van der Waals surface area contributed by atoms with Gasteiger partial charge in [-0.05, 0) is 67.8 Å². The lowest BCUT2D eigenvalue weighted by Crippen LogP contribution is -2.37. The maximum Gasteiger partial charge on any atom is 0.238 e. The molecule has 0 bridgehead atoms. The first-order chi connectivity index (χ1) is 16.3. The highest BCUT2D eigenvalue weighted by Gasteiger charge is 2.26. The van der Waals surface area contributed by atoms with Crippen molar-refractivity contribution in [3.05, 3.63) is 90.0 Å². The zero-order chi connectivity index (χ0) is 24.6. The number of fused-ring (bicyclic) bond motifs is 1. The Balaban J connectivity index is 1.53. The number of nitrogens with one attached hydrogen (secondary N) is 2. The minimum absolute atomic E-state index is 0.105. The van der Waals surface area contributed by atoms with Crippen LogP contribution in [0.15, 0.2) is 78.9 Å². The molecule has 0 aliphatic carbocycles. The topological polar surface area (TPSA) is 50.4 Å². The van der Waals surface area contributed by atoms with Gasteiger partial charge in [-0.25, -0.2) is 0 Å². The van der Waals surface area contributed by atoms with Crippen LogP contribution in [0.2, 0.25) is 0 Å². The second-order valence-corrected chi connectivity index (χ2v) is 8.97. The Labute approximate surface area is 203 Å². The first-order valence-electron chi connectivity index (χ1n) is 11.7. The highest BCUT2D eigenvalue weighted by molar-refractivity contribution is 5.86. The van der Waals surface area contributed by atoms with Crippen molar-refractivity contribution >= 4 is 16.7 Å². The van der Waals surface area contributed by atoms with E-state index in [2.05, 4.69) is 71.9 Å². The molecule has 0 aliphatic heterocycles. The Morgan fingerprint density at radius 2 is 1.76 bits per heavy atom. The molecule has 4 heteroatoms. The maximum absolute atomic E-state index is 12.8. The van der Waals surface area contributed by atoms with E-state index in [0.29, 0.717) is 6.54 Å². The van der Waals surface area contributed by atoms with Crippen LogP contribution in [0, 0.1) is 17.3 Å². The third kappa shape index (κ3) is 6.50. The number of hydrogen-bond donors (Lipinski definition) is 2. The Kier molecular flexibility index (Phi) is 8.51. The first-order valence-corrected chi connectivity index (χ1v) is 11.7. The lowest BCUT2D eigenvalue weighted by atomic mass is 9.92. The second kappa shape index (κ2) is 11.5. The van der Waals surface area contributed by atoms with Crippen molar-refractivity contribution in [1.82, 2.24) is 10.6 Å². The molecule has 3 aromatic rings. The summed E-state index contributed by atoms with van der Waals surface area (Å²) in [7, 11) is 1.63. The van der Waals surface area contributed by atoms with E-state index in [1.807, 2.05) is 57.2 Å². The third-order valence-electron chi connectivity index (χ3n) is 5.93. The Bertz CT molecular complexity index is 1210. The molecule has 176 valence electrons. The monoisotopic (exact) mass is 454 g/mol. The van der Waals surface area contributed by atoms with Gasteiger partial charge in [-0.3, -0.25) is 4.79 Å². The standard InChI is InChI=1S/C30H34N2O2/c1-22(25-15-11-16-26(21-25)34-5)32-29(33)30(3,4)19-9-6-10-20-31-23(2)27-18-12-14-24-13-7-8-17-28(24)27/h6-8,10-18,21-23,31H,20H2,1-5H3,(H,32,33)/b10-6+/t22-,23+/m0/s1. The van der Waals surface area contributed by atoms with Crippen LogP contribution >= 0.6 is 0 Å². The second-order valence-electron chi connectivity index (χ2n) is 8.97. The fourth-order valence-electron chi connectivity index (χ4n) is 3.75. The zero-order valence-electron chi connectivity index (χ0n) is 20.7. The summed E-state index contributed by atoms with van der Waals surface area (Å²) in [6.45, 7) is 8.49. The van der Waals surface area contributed by atoms with E-state index < -0.39 is 5.41 Å². The number of rotatable bonds is 8. The summed E-state index contributed by atoms with van der Waals surface area (Å²) in [5.74, 6) is 6.77. The number of hydrogen-bond acceptors (Lipinski definition) is 3. The Morgan fingerprint density at radius 3 is 2.56 bits per heavy atom. The number of carbonyl (C=O) groups is 1. The van der Waals surface area contributed by atoms with Crippen LogP contribution in [0.4, 0.5) is 0 Å². The summed E-state index contributed by atoms with van der Waals surface area (Å²) in [5, 5.41) is 9.09. The van der Waals surface area contributed by atoms with Gasteiger partial charge in [0, 0.05) is 12.6 Å². The smallest absolute Gasteiger partial charge is 0.238 e. The summed E-state index contributed by atoms with van der Waals surface area (Å²) in [6.07, 6.45) is 3.80. The van der Waals surface area contributed by atoms with Crippen molar-refractivity contribution in [2.75, 3.05) is 13.7 Å². The fourth-order valence-corrected chi connectivity index (χ4v) is 3.75. The van der Waals surface area contributed by atoms with Crippen LogP contribution in [0.1, 0.15) is 50.9 Å². The molecule has 2 N–H and O–H groups in total. The molecule has 0 aliphatic rings. The van der Waals surface area contributed by atoms with Gasteiger partial charge >= 0.3 is 0 Å². The van der Waals surface area contributed by atoms with Crippen molar-refractivity contribution in [2.45, 2.75) is 39.8 Å². The lowest BCUT2D eigenvalue weighted by molar-refractivity contribution is -0.127. The lowest BCUT2D eigenvalue weighted by Gasteiger charge is -2.21. The summed E-state index contributed by atoms with van der Waals surface area (Å²) in [6, 6.07) is 22.6. The van der Waals surface area contributed by atoms with E-state index in [1.165, 1.54) is 16.3 Å². The van der Waals surface area contributed by atoms with Gasteiger partial charge in [0.2, 0.25) is 5.91 Å². The van der Waals surface area contributed by atoms with Gasteiger partial charge in [0.1, 0.15) is 11.2 Å². The van der Waals surface area contributed by atoms with Crippen LogP contribution in [-0.2, 0) is 4.79 Å². The molecule has 3 aromatic carbocycles. The molecule has 1 amide bonds. The largest absolute Gasteiger partial charge is 0.497 e. The van der Waals surface area contributed by atoms with Crippen LogP contribution < -0.4 is 15.4 Å². The van der Waals surface area contributed by atoms with Crippen molar-refractivity contribution < 1.29 is 9.53 Å². The van der Waals surface area contributed by atoms with Crippen LogP contribution in [-0.4, -0.2) is 19.6 Å². The Hall–Kier alpha value is -3.55. The molecular weight excluding hydrogens is 420 g/mol. The molecule has 0 aromatic heterocycles. The van der Waals surface area contributed by atoms with Crippen LogP contribution in [0.5, 0.6) is 5.75 Å². The maximum atomic E-state index is 12.8. The number of carbonyl (C=O) groups excluding carboxylic acids is 1. The van der Waals surface area contributed by atoms with Crippen molar-refractivity contribution in [3.63, 3.8) is 0 Å². The molecule has 3 rings (SSSR count). The van der Waals surface area contributed by atoms with Crippen LogP contribution in [0.25, 0.3) is 10.8 Å². The predicted molar refractivity (Wildman–Crippen MR) is 141 cm³/mol. The van der Waals surface area contributed by atoms with E-state index in [1.54, 1.807) is 7.11 Å². The van der Waals surface area contributed by atoms with Gasteiger partial charge in [0.05, 0.1) is 13.2 Å². The van der Waals surface area contributed by atoms with Gasteiger partial charge < -0.3 is 15.4 Å². The highest BCUT2D eigenvalue weighted by atomic mass is 16.5. The summed E-state index contributed by atoms with van der Waals surface area (Å²) in [4.78, 5) is 12.8. The summed E-state index contributed by atoms with van der Waals surface area (Å²) in [5.41, 5.74) is 1.46. The molecule has 0 heterocycles. The van der Waals surface area contributed by atoms with Crippen molar-refractivity contribution in [1.29, 1.82) is 0 Å². The summed E-state index contributed by atoms with van der Waals surface area (Å²) < 4.78 is 5.27. The fraction of sp³-hybridized carbons (Fsp3) is 0.300. The average Bonchev–Trinajstić information content (AvgIpc) is 2.85. The molecule has 0 saturated heterocycles. The number of ether oxygens (including phenoxy) is 1. The number of methoxy groups -OCH3 is 1. The molecule has 0 fully saturated rings. The van der Waals surface area contributed by atoms with E-state index in [0.717, 1.165) is 11.3 Å².